The molecule has 0 saturated carbocycles. The summed E-state index contributed by atoms with van der Waals surface area (Å²) in [7, 11) is 1.46. The largest absolute Gasteiger partial charge is 0.494 e. The van der Waals surface area contributed by atoms with Gasteiger partial charge in [-0.15, -0.1) is 0 Å². The van der Waals surface area contributed by atoms with Crippen LogP contribution in [0.2, 0.25) is 0 Å². The van der Waals surface area contributed by atoms with Gasteiger partial charge in [0, 0.05) is 18.7 Å². The molecule has 30 heavy (non-hydrogen) atoms. The summed E-state index contributed by atoms with van der Waals surface area (Å²) in [4.78, 5) is 36.6. The number of Topliss-reactive ketones (excluding diaryl/α,β-unsaturated/α-hetero) is 1. The Labute approximate surface area is 175 Å². The van der Waals surface area contributed by atoms with Crippen molar-refractivity contribution >= 4 is 23.4 Å². The molecule has 0 unspecified atom stereocenters. The summed E-state index contributed by atoms with van der Waals surface area (Å²) in [6, 6.07) is 13.4. The first kappa shape index (κ1) is 22.7. The molecule has 7 nitrogen and oxygen atoms in total. The highest BCUT2D eigenvalue weighted by Gasteiger charge is 2.19. The summed E-state index contributed by atoms with van der Waals surface area (Å²) >= 11 is 0. The van der Waals surface area contributed by atoms with Crippen LogP contribution in [0.4, 0.5) is 5.69 Å². The molecule has 0 aliphatic heterocycles. The smallest absolute Gasteiger partial charge is 0.343 e. The number of esters is 2. The lowest BCUT2D eigenvalue weighted by Crippen LogP contribution is -2.17. The van der Waals surface area contributed by atoms with Gasteiger partial charge in [0.1, 0.15) is 17.1 Å². The molecule has 0 fully saturated rings. The van der Waals surface area contributed by atoms with Crippen LogP contribution in [0.15, 0.2) is 60.3 Å². The second kappa shape index (κ2) is 11.4. The van der Waals surface area contributed by atoms with E-state index in [-0.39, 0.29) is 24.4 Å². The molecule has 0 radical (unpaired) electrons. The first-order chi connectivity index (χ1) is 14.5. The zero-order chi connectivity index (χ0) is 21.9. The Morgan fingerprint density at radius 2 is 1.77 bits per heavy atom. The van der Waals surface area contributed by atoms with Gasteiger partial charge in [0.05, 0.1) is 25.0 Å². The van der Waals surface area contributed by atoms with E-state index in [4.69, 9.17) is 14.2 Å². The first-order valence-corrected chi connectivity index (χ1v) is 9.62. The van der Waals surface area contributed by atoms with E-state index in [1.165, 1.54) is 19.4 Å². The second-order valence-electron chi connectivity index (χ2n) is 6.21. The van der Waals surface area contributed by atoms with Crippen molar-refractivity contribution in [3.8, 4) is 11.5 Å². The standard InChI is InChI=1S/C23H25NO6/c1-4-9-20(25)18(23(27)29-5-2)15-24-19-13-12-17(14-21(19)28-3)30-22(26)16-10-7-6-8-11-16/h6-8,10-15,24H,4-5,9H2,1-3H3. The van der Waals surface area contributed by atoms with Gasteiger partial charge in [-0.25, -0.2) is 9.59 Å². The zero-order valence-electron chi connectivity index (χ0n) is 17.3. The Hall–Kier alpha value is -3.61. The van der Waals surface area contributed by atoms with Crippen molar-refractivity contribution in [2.24, 2.45) is 0 Å². The number of ketones is 1. The highest BCUT2D eigenvalue weighted by atomic mass is 16.5. The number of hydrogen-bond donors (Lipinski definition) is 1. The van der Waals surface area contributed by atoms with Gasteiger partial charge in [-0.3, -0.25) is 4.79 Å². The van der Waals surface area contributed by atoms with Crippen LogP contribution in [0, 0.1) is 0 Å². The van der Waals surface area contributed by atoms with Crippen molar-refractivity contribution in [3.63, 3.8) is 0 Å². The summed E-state index contributed by atoms with van der Waals surface area (Å²) in [5.74, 6) is -0.821. The molecule has 2 aromatic carbocycles. The predicted molar refractivity (Wildman–Crippen MR) is 113 cm³/mol. The van der Waals surface area contributed by atoms with Crippen molar-refractivity contribution in [2.45, 2.75) is 26.7 Å². The number of nitrogens with one attached hydrogen (secondary N) is 1. The number of benzene rings is 2. The maximum Gasteiger partial charge on any atom is 0.343 e. The first-order valence-electron chi connectivity index (χ1n) is 9.62. The minimum absolute atomic E-state index is 0.0691. The zero-order valence-corrected chi connectivity index (χ0v) is 17.3. The SMILES string of the molecule is CCCC(=O)C(=CNc1ccc(OC(=O)c2ccccc2)cc1OC)C(=O)OCC. The molecule has 2 aromatic rings. The van der Waals surface area contributed by atoms with Gasteiger partial charge in [0.15, 0.2) is 5.78 Å². The third kappa shape index (κ3) is 6.20. The van der Waals surface area contributed by atoms with Crippen LogP contribution in [0.3, 0.4) is 0 Å². The van der Waals surface area contributed by atoms with Crippen molar-refractivity contribution < 1.29 is 28.6 Å². The van der Waals surface area contributed by atoms with Crippen molar-refractivity contribution in [2.75, 3.05) is 19.0 Å². The molecule has 0 bridgehead atoms. The summed E-state index contributed by atoms with van der Waals surface area (Å²) < 4.78 is 15.7. The fraction of sp³-hybridized carbons (Fsp3) is 0.261. The quantitative estimate of drug-likeness (QED) is 0.207. The molecular weight excluding hydrogens is 386 g/mol. The number of anilines is 1. The van der Waals surface area contributed by atoms with Crippen LogP contribution in [0.1, 0.15) is 37.0 Å². The van der Waals surface area contributed by atoms with E-state index >= 15 is 0 Å². The van der Waals surface area contributed by atoms with Gasteiger partial charge in [-0.1, -0.05) is 25.1 Å². The molecule has 158 valence electrons. The van der Waals surface area contributed by atoms with Gasteiger partial charge in [0.2, 0.25) is 0 Å². The lowest BCUT2D eigenvalue weighted by molar-refractivity contribution is -0.140. The molecule has 0 aromatic heterocycles. The molecule has 0 heterocycles. The molecule has 0 amide bonds. The van der Waals surface area contributed by atoms with E-state index in [0.29, 0.717) is 29.2 Å². The third-order valence-corrected chi connectivity index (χ3v) is 4.04. The summed E-state index contributed by atoms with van der Waals surface area (Å²) in [6.45, 7) is 3.69. The molecule has 0 aliphatic carbocycles. The molecule has 0 aliphatic rings. The van der Waals surface area contributed by atoms with Crippen molar-refractivity contribution in [1.82, 2.24) is 0 Å². The maximum absolute atomic E-state index is 12.2. The highest BCUT2D eigenvalue weighted by molar-refractivity contribution is 6.17. The van der Waals surface area contributed by atoms with Gasteiger partial charge < -0.3 is 19.5 Å². The average molecular weight is 411 g/mol. The molecule has 0 saturated heterocycles. The van der Waals surface area contributed by atoms with E-state index in [2.05, 4.69) is 5.32 Å². The number of carbonyl (C=O) groups excluding carboxylic acids is 3. The van der Waals surface area contributed by atoms with E-state index in [9.17, 15) is 14.4 Å². The van der Waals surface area contributed by atoms with E-state index in [1.54, 1.807) is 43.3 Å². The lowest BCUT2D eigenvalue weighted by atomic mass is 10.1. The van der Waals surface area contributed by atoms with Gasteiger partial charge in [0.25, 0.3) is 0 Å². The van der Waals surface area contributed by atoms with Crippen LogP contribution in [0.25, 0.3) is 0 Å². The van der Waals surface area contributed by atoms with Crippen LogP contribution in [-0.2, 0) is 14.3 Å². The Kier molecular flexibility index (Phi) is 8.62. The summed E-state index contributed by atoms with van der Waals surface area (Å²) in [5.41, 5.74) is 0.846. The lowest BCUT2D eigenvalue weighted by Gasteiger charge is -2.12. The second-order valence-corrected chi connectivity index (χ2v) is 6.21. The Morgan fingerprint density at radius 1 is 1.03 bits per heavy atom. The van der Waals surface area contributed by atoms with Gasteiger partial charge in [-0.05, 0) is 37.6 Å². The number of hydrogen-bond acceptors (Lipinski definition) is 7. The minimum Gasteiger partial charge on any atom is -0.494 e. The number of ether oxygens (including phenoxy) is 3. The number of carbonyl (C=O) groups is 3. The fourth-order valence-electron chi connectivity index (χ4n) is 2.57. The molecule has 0 spiro atoms. The van der Waals surface area contributed by atoms with Crippen molar-refractivity contribution in [3.05, 3.63) is 65.9 Å². The van der Waals surface area contributed by atoms with E-state index in [0.717, 1.165) is 0 Å². The van der Waals surface area contributed by atoms with Gasteiger partial charge in [-0.2, -0.15) is 0 Å². The summed E-state index contributed by atoms with van der Waals surface area (Å²) in [6.07, 6.45) is 2.15. The normalized spacial score (nSPS) is 10.8. The van der Waals surface area contributed by atoms with Gasteiger partial charge >= 0.3 is 11.9 Å². The fourth-order valence-corrected chi connectivity index (χ4v) is 2.57. The number of rotatable bonds is 10. The monoisotopic (exact) mass is 411 g/mol. The Balaban J connectivity index is 2.20. The average Bonchev–Trinajstić information content (AvgIpc) is 2.75. The molecular formula is C23H25NO6. The third-order valence-electron chi connectivity index (χ3n) is 4.04. The van der Waals surface area contributed by atoms with Crippen LogP contribution >= 0.6 is 0 Å². The summed E-state index contributed by atoms with van der Waals surface area (Å²) in [5, 5.41) is 2.91. The Bertz CT molecular complexity index is 901. The van der Waals surface area contributed by atoms with Crippen LogP contribution in [0.5, 0.6) is 11.5 Å². The minimum atomic E-state index is -0.684. The topological polar surface area (TPSA) is 90.9 Å². The molecule has 7 heteroatoms. The van der Waals surface area contributed by atoms with Crippen molar-refractivity contribution in [1.29, 1.82) is 0 Å². The predicted octanol–water partition coefficient (Wildman–Crippen LogP) is 4.14. The number of methoxy groups -OCH3 is 1. The molecule has 1 N–H and O–H groups in total. The van der Waals surface area contributed by atoms with Crippen LogP contribution < -0.4 is 14.8 Å². The van der Waals surface area contributed by atoms with E-state index < -0.39 is 11.9 Å². The Morgan fingerprint density at radius 3 is 2.40 bits per heavy atom. The van der Waals surface area contributed by atoms with Crippen LogP contribution in [-0.4, -0.2) is 31.4 Å². The molecule has 2 rings (SSSR count). The highest BCUT2D eigenvalue weighted by Crippen LogP contribution is 2.30. The maximum atomic E-state index is 12.2. The van der Waals surface area contributed by atoms with E-state index in [1.807, 2.05) is 13.0 Å². The molecule has 0 atom stereocenters.